The van der Waals surface area contributed by atoms with Gasteiger partial charge in [-0.3, -0.25) is 0 Å². The molecular weight excluding hydrogens is 278 g/mol. The van der Waals surface area contributed by atoms with E-state index in [1.165, 1.54) is 25.9 Å². The van der Waals surface area contributed by atoms with Gasteiger partial charge in [-0.25, -0.2) is 4.79 Å². The Hall–Kier alpha value is -0.810. The smallest absolute Gasteiger partial charge is 0.407 e. The highest BCUT2D eigenvalue weighted by molar-refractivity contribution is 5.67. The first-order valence-electron chi connectivity index (χ1n) is 8.56. The van der Waals surface area contributed by atoms with Gasteiger partial charge in [0.25, 0.3) is 0 Å². The summed E-state index contributed by atoms with van der Waals surface area (Å²) >= 11 is 0. The molecule has 0 aromatic heterocycles. The third-order valence-corrected chi connectivity index (χ3v) is 4.24. The monoisotopic (exact) mass is 313 g/mol. The zero-order valence-corrected chi connectivity index (χ0v) is 15.2. The van der Waals surface area contributed by atoms with Crippen molar-refractivity contribution in [1.82, 2.24) is 15.5 Å². The van der Waals surface area contributed by atoms with Crippen LogP contribution in [0.3, 0.4) is 0 Å². The Bertz CT molecular complexity index is 331. The van der Waals surface area contributed by atoms with Crippen molar-refractivity contribution in [3.8, 4) is 0 Å². The molecule has 22 heavy (non-hydrogen) atoms. The molecule has 1 atom stereocenters. The normalized spacial score (nSPS) is 19.2. The number of hydrogen-bond acceptors (Lipinski definition) is 4. The van der Waals surface area contributed by atoms with Crippen LogP contribution < -0.4 is 10.6 Å². The summed E-state index contributed by atoms with van der Waals surface area (Å²) in [5.41, 5.74) is -0.441. The Morgan fingerprint density at radius 1 is 1.23 bits per heavy atom. The van der Waals surface area contributed by atoms with Gasteiger partial charge >= 0.3 is 6.09 Å². The molecule has 0 saturated carbocycles. The number of alkyl carbamates (subject to hydrolysis) is 1. The molecule has 1 fully saturated rings. The summed E-state index contributed by atoms with van der Waals surface area (Å²) in [5, 5.41) is 6.58. The molecule has 0 aromatic rings. The van der Waals surface area contributed by atoms with Gasteiger partial charge in [0.15, 0.2) is 0 Å². The number of nitrogens with one attached hydrogen (secondary N) is 2. The van der Waals surface area contributed by atoms with E-state index in [0.717, 1.165) is 6.54 Å². The SMILES string of the molecule is CC(C)C(CNC(=O)OC(C)(C)C)CNC1CCN(C)CC1. The van der Waals surface area contributed by atoms with E-state index in [4.69, 9.17) is 4.74 Å². The Morgan fingerprint density at radius 2 is 1.82 bits per heavy atom. The Balaban J connectivity index is 2.31. The van der Waals surface area contributed by atoms with Crippen LogP contribution in [0.2, 0.25) is 0 Å². The van der Waals surface area contributed by atoms with E-state index in [1.807, 2.05) is 20.8 Å². The predicted octanol–water partition coefficient (Wildman–Crippen LogP) is 2.47. The molecule has 5 heteroatoms. The van der Waals surface area contributed by atoms with E-state index in [0.29, 0.717) is 24.4 Å². The molecule has 1 amide bonds. The standard InChI is InChI=1S/C17H35N3O2/c1-13(2)14(12-19-16(21)22-17(3,4)5)11-18-15-7-9-20(6)10-8-15/h13-15,18H,7-12H2,1-6H3,(H,19,21). The minimum absolute atomic E-state index is 0.322. The minimum atomic E-state index is -0.441. The van der Waals surface area contributed by atoms with E-state index in [-0.39, 0.29) is 6.09 Å². The average molecular weight is 313 g/mol. The van der Waals surface area contributed by atoms with E-state index in [9.17, 15) is 4.79 Å². The average Bonchev–Trinajstić information content (AvgIpc) is 2.38. The van der Waals surface area contributed by atoms with Gasteiger partial charge in [-0.2, -0.15) is 0 Å². The van der Waals surface area contributed by atoms with E-state index < -0.39 is 5.60 Å². The molecule has 1 rings (SSSR count). The first-order chi connectivity index (χ1) is 10.2. The molecular formula is C17H35N3O2. The fraction of sp³-hybridized carbons (Fsp3) is 0.941. The number of carbonyl (C=O) groups excluding carboxylic acids is 1. The van der Waals surface area contributed by atoms with Crippen molar-refractivity contribution in [1.29, 1.82) is 0 Å². The van der Waals surface area contributed by atoms with Crippen molar-refractivity contribution in [3.63, 3.8) is 0 Å². The zero-order valence-electron chi connectivity index (χ0n) is 15.2. The second-order valence-corrected chi connectivity index (χ2v) is 7.87. The molecule has 1 aliphatic rings. The number of piperidine rings is 1. The van der Waals surface area contributed by atoms with Crippen LogP contribution in [-0.4, -0.2) is 55.9 Å². The highest BCUT2D eigenvalue weighted by atomic mass is 16.6. The third kappa shape index (κ3) is 7.99. The summed E-state index contributed by atoms with van der Waals surface area (Å²) in [4.78, 5) is 14.1. The fourth-order valence-electron chi connectivity index (χ4n) is 2.60. The number of amides is 1. The van der Waals surface area contributed by atoms with Gasteiger partial charge in [-0.15, -0.1) is 0 Å². The van der Waals surface area contributed by atoms with Crippen LogP contribution >= 0.6 is 0 Å². The lowest BCUT2D eigenvalue weighted by atomic mass is 9.94. The maximum Gasteiger partial charge on any atom is 0.407 e. The molecule has 0 aliphatic carbocycles. The molecule has 1 aliphatic heterocycles. The summed E-state index contributed by atoms with van der Waals surface area (Å²) in [7, 11) is 2.18. The molecule has 130 valence electrons. The fourth-order valence-corrected chi connectivity index (χ4v) is 2.60. The highest BCUT2D eigenvalue weighted by Gasteiger charge is 2.21. The predicted molar refractivity (Wildman–Crippen MR) is 91.1 cm³/mol. The van der Waals surface area contributed by atoms with Crippen LogP contribution in [0.15, 0.2) is 0 Å². The van der Waals surface area contributed by atoms with Crippen LogP contribution in [0.4, 0.5) is 4.79 Å². The van der Waals surface area contributed by atoms with E-state index in [1.54, 1.807) is 0 Å². The van der Waals surface area contributed by atoms with Crippen LogP contribution in [0.1, 0.15) is 47.5 Å². The van der Waals surface area contributed by atoms with Gasteiger partial charge in [0.05, 0.1) is 0 Å². The van der Waals surface area contributed by atoms with Gasteiger partial charge in [0, 0.05) is 19.1 Å². The lowest BCUT2D eigenvalue weighted by molar-refractivity contribution is 0.0514. The third-order valence-electron chi connectivity index (χ3n) is 4.24. The van der Waals surface area contributed by atoms with Gasteiger partial charge in [-0.1, -0.05) is 13.8 Å². The van der Waals surface area contributed by atoms with Crippen LogP contribution in [0.5, 0.6) is 0 Å². The number of ether oxygens (including phenoxy) is 1. The first kappa shape index (κ1) is 19.2. The minimum Gasteiger partial charge on any atom is -0.444 e. The molecule has 0 radical (unpaired) electrons. The van der Waals surface area contributed by atoms with E-state index >= 15 is 0 Å². The molecule has 2 N–H and O–H groups in total. The number of likely N-dealkylation sites (tertiary alicyclic amines) is 1. The molecule has 1 heterocycles. The van der Waals surface area contributed by atoms with Crippen molar-refractivity contribution in [3.05, 3.63) is 0 Å². The van der Waals surface area contributed by atoms with Crippen molar-refractivity contribution in [2.75, 3.05) is 33.2 Å². The number of carbonyl (C=O) groups is 1. The molecule has 0 bridgehead atoms. The van der Waals surface area contributed by atoms with E-state index in [2.05, 4.69) is 36.4 Å². The zero-order chi connectivity index (χ0) is 16.8. The number of rotatable bonds is 6. The Morgan fingerprint density at radius 3 is 2.32 bits per heavy atom. The highest BCUT2D eigenvalue weighted by Crippen LogP contribution is 2.13. The van der Waals surface area contributed by atoms with Crippen molar-refractivity contribution in [2.24, 2.45) is 11.8 Å². The lowest BCUT2D eigenvalue weighted by Crippen LogP contribution is -2.45. The van der Waals surface area contributed by atoms with Crippen LogP contribution in [0, 0.1) is 11.8 Å². The van der Waals surface area contributed by atoms with Crippen molar-refractivity contribution >= 4 is 6.09 Å². The van der Waals surface area contributed by atoms with Crippen molar-refractivity contribution < 1.29 is 9.53 Å². The molecule has 1 unspecified atom stereocenters. The second kappa shape index (κ2) is 8.73. The van der Waals surface area contributed by atoms with Gasteiger partial charge in [0.1, 0.15) is 5.60 Å². The van der Waals surface area contributed by atoms with Crippen molar-refractivity contribution in [2.45, 2.75) is 59.1 Å². The van der Waals surface area contributed by atoms with Gasteiger partial charge in [0.2, 0.25) is 0 Å². The topological polar surface area (TPSA) is 53.6 Å². The summed E-state index contributed by atoms with van der Waals surface area (Å²) in [6.45, 7) is 14.0. The molecule has 5 nitrogen and oxygen atoms in total. The summed E-state index contributed by atoms with van der Waals surface area (Å²) < 4.78 is 5.30. The lowest BCUT2D eigenvalue weighted by Gasteiger charge is -2.31. The quantitative estimate of drug-likeness (QED) is 0.791. The second-order valence-electron chi connectivity index (χ2n) is 7.87. The summed E-state index contributed by atoms with van der Waals surface area (Å²) in [5.74, 6) is 0.945. The summed E-state index contributed by atoms with van der Waals surface area (Å²) in [6.07, 6.45) is 2.10. The van der Waals surface area contributed by atoms with Gasteiger partial charge < -0.3 is 20.3 Å². The maximum absolute atomic E-state index is 11.8. The first-order valence-corrected chi connectivity index (χ1v) is 8.56. The molecule has 0 aromatic carbocycles. The van der Waals surface area contributed by atoms with Crippen LogP contribution in [0.25, 0.3) is 0 Å². The van der Waals surface area contributed by atoms with Gasteiger partial charge in [-0.05, 0) is 65.6 Å². The Kier molecular flexibility index (Phi) is 7.63. The number of hydrogen-bond donors (Lipinski definition) is 2. The van der Waals surface area contributed by atoms with Crippen LogP contribution in [-0.2, 0) is 4.74 Å². The molecule has 0 spiro atoms. The Labute approximate surface area is 136 Å². The largest absolute Gasteiger partial charge is 0.444 e. The summed E-state index contributed by atoms with van der Waals surface area (Å²) in [6, 6.07) is 0.610. The number of nitrogens with zero attached hydrogens (tertiary/aromatic N) is 1. The molecule has 1 saturated heterocycles. The maximum atomic E-state index is 11.8.